The molecule has 0 spiro atoms. The summed E-state index contributed by atoms with van der Waals surface area (Å²) < 4.78 is 5.23. The van der Waals surface area contributed by atoms with Crippen molar-refractivity contribution in [1.29, 1.82) is 0 Å². The Hall–Kier alpha value is -2.56. The third-order valence-electron chi connectivity index (χ3n) is 4.06. The highest BCUT2D eigenvalue weighted by atomic mass is 16.5. The maximum absolute atomic E-state index is 12.4. The summed E-state index contributed by atoms with van der Waals surface area (Å²) in [5, 5.41) is 3.03. The number of ether oxygens (including phenoxy) is 1. The summed E-state index contributed by atoms with van der Waals surface area (Å²) >= 11 is 0. The minimum Gasteiger partial charge on any atom is -0.497 e. The summed E-state index contributed by atoms with van der Waals surface area (Å²) in [6.07, 6.45) is 2.48. The molecule has 0 saturated heterocycles. The van der Waals surface area contributed by atoms with Crippen molar-refractivity contribution < 1.29 is 9.53 Å². The van der Waals surface area contributed by atoms with E-state index < -0.39 is 0 Å². The van der Waals surface area contributed by atoms with E-state index in [-0.39, 0.29) is 18.1 Å². The number of methoxy groups -OCH3 is 1. The Kier molecular flexibility index (Phi) is 6.18. The fourth-order valence-electron chi connectivity index (χ4n) is 2.51. The van der Waals surface area contributed by atoms with Gasteiger partial charge in [0.05, 0.1) is 18.8 Å². The van der Waals surface area contributed by atoms with E-state index in [1.165, 1.54) is 0 Å². The normalized spacial score (nSPS) is 13.0. The molecular formula is C19H25N3O2. The molecule has 0 aliphatic rings. The van der Waals surface area contributed by atoms with Gasteiger partial charge in [0.2, 0.25) is 0 Å². The van der Waals surface area contributed by atoms with Crippen molar-refractivity contribution in [3.63, 3.8) is 0 Å². The largest absolute Gasteiger partial charge is 0.497 e. The van der Waals surface area contributed by atoms with E-state index in [0.717, 1.165) is 23.4 Å². The Bertz CT molecular complexity index is 661. The number of nitrogens with one attached hydrogen (secondary N) is 1. The van der Waals surface area contributed by atoms with Crippen LogP contribution in [0.15, 0.2) is 48.7 Å². The van der Waals surface area contributed by atoms with Crippen LogP contribution in [0.5, 0.6) is 5.75 Å². The number of benzene rings is 1. The fraction of sp³-hybridized carbons (Fsp3) is 0.368. The van der Waals surface area contributed by atoms with Crippen LogP contribution in [-0.4, -0.2) is 36.1 Å². The first kappa shape index (κ1) is 17.8. The lowest BCUT2D eigenvalue weighted by Crippen LogP contribution is -2.43. The first-order valence-electron chi connectivity index (χ1n) is 8.08. The maximum Gasteiger partial charge on any atom is 0.317 e. The number of hydrogen-bond donors (Lipinski definition) is 1. The van der Waals surface area contributed by atoms with Crippen LogP contribution in [0.25, 0.3) is 0 Å². The van der Waals surface area contributed by atoms with Gasteiger partial charge in [-0.1, -0.05) is 18.2 Å². The number of pyridine rings is 1. The van der Waals surface area contributed by atoms with E-state index in [4.69, 9.17) is 4.74 Å². The Labute approximate surface area is 143 Å². The van der Waals surface area contributed by atoms with Crippen LogP contribution >= 0.6 is 0 Å². The number of urea groups is 1. The van der Waals surface area contributed by atoms with Gasteiger partial charge in [-0.25, -0.2) is 4.79 Å². The summed E-state index contributed by atoms with van der Waals surface area (Å²) in [7, 11) is 3.44. The zero-order valence-corrected chi connectivity index (χ0v) is 14.7. The van der Waals surface area contributed by atoms with E-state index >= 15 is 0 Å². The van der Waals surface area contributed by atoms with Gasteiger partial charge in [-0.05, 0) is 50.1 Å². The number of rotatable bonds is 6. The highest BCUT2D eigenvalue weighted by Crippen LogP contribution is 2.17. The van der Waals surface area contributed by atoms with Gasteiger partial charge < -0.3 is 15.0 Å². The van der Waals surface area contributed by atoms with Gasteiger partial charge in [0.25, 0.3) is 0 Å². The standard InChI is InChI=1S/C19H25N3O2/c1-14(12-16-8-7-9-17(13-16)24-4)21-19(23)22(3)15(2)18-10-5-6-11-20-18/h5-11,13-15H,12H2,1-4H3,(H,21,23)/t14-,15+/m1/s1. The highest BCUT2D eigenvalue weighted by molar-refractivity contribution is 5.74. The summed E-state index contributed by atoms with van der Waals surface area (Å²) in [6, 6.07) is 13.4. The lowest BCUT2D eigenvalue weighted by atomic mass is 10.1. The second-order valence-corrected chi connectivity index (χ2v) is 5.95. The van der Waals surface area contributed by atoms with E-state index in [2.05, 4.69) is 10.3 Å². The fourth-order valence-corrected chi connectivity index (χ4v) is 2.51. The maximum atomic E-state index is 12.4. The molecule has 1 aromatic carbocycles. The summed E-state index contributed by atoms with van der Waals surface area (Å²) in [6.45, 7) is 3.96. The predicted octanol–water partition coefficient (Wildman–Crippen LogP) is 3.42. The average molecular weight is 327 g/mol. The molecule has 128 valence electrons. The van der Waals surface area contributed by atoms with Crippen molar-refractivity contribution in [1.82, 2.24) is 15.2 Å². The molecule has 5 heteroatoms. The van der Waals surface area contributed by atoms with E-state index in [0.29, 0.717) is 0 Å². The number of hydrogen-bond acceptors (Lipinski definition) is 3. The van der Waals surface area contributed by atoms with Crippen LogP contribution in [0.4, 0.5) is 4.79 Å². The topological polar surface area (TPSA) is 54.5 Å². The van der Waals surface area contributed by atoms with E-state index in [1.54, 1.807) is 25.3 Å². The molecule has 1 heterocycles. The first-order chi connectivity index (χ1) is 11.5. The van der Waals surface area contributed by atoms with Gasteiger partial charge in [0.1, 0.15) is 5.75 Å². The predicted molar refractivity (Wildman–Crippen MR) is 95.1 cm³/mol. The van der Waals surface area contributed by atoms with Gasteiger partial charge >= 0.3 is 6.03 Å². The number of carbonyl (C=O) groups is 1. The molecule has 24 heavy (non-hydrogen) atoms. The summed E-state index contributed by atoms with van der Waals surface area (Å²) in [4.78, 5) is 18.4. The molecule has 0 aliphatic heterocycles. The molecule has 0 unspecified atom stereocenters. The van der Waals surface area contributed by atoms with Gasteiger partial charge in [-0.3, -0.25) is 4.98 Å². The monoisotopic (exact) mass is 327 g/mol. The van der Waals surface area contributed by atoms with E-state index in [1.807, 2.05) is 56.3 Å². The van der Waals surface area contributed by atoms with Gasteiger partial charge in [-0.2, -0.15) is 0 Å². The molecule has 2 rings (SSSR count). The smallest absolute Gasteiger partial charge is 0.317 e. The van der Waals surface area contributed by atoms with Gasteiger partial charge in [0.15, 0.2) is 0 Å². The molecule has 2 atom stereocenters. The summed E-state index contributed by atoms with van der Waals surface area (Å²) in [5.74, 6) is 0.826. The van der Waals surface area contributed by atoms with Crippen molar-refractivity contribution in [2.24, 2.45) is 0 Å². The molecule has 0 saturated carbocycles. The SMILES string of the molecule is COc1cccc(C[C@@H](C)NC(=O)N(C)[C@@H](C)c2ccccn2)c1. The van der Waals surface area contributed by atoms with Crippen LogP contribution in [0.2, 0.25) is 0 Å². The highest BCUT2D eigenvalue weighted by Gasteiger charge is 2.19. The van der Waals surface area contributed by atoms with Crippen molar-refractivity contribution in [3.8, 4) is 5.75 Å². The van der Waals surface area contributed by atoms with Crippen LogP contribution in [-0.2, 0) is 6.42 Å². The number of aromatic nitrogens is 1. The Morgan fingerprint density at radius 2 is 2.04 bits per heavy atom. The zero-order chi connectivity index (χ0) is 17.5. The third-order valence-corrected chi connectivity index (χ3v) is 4.06. The molecule has 2 amide bonds. The van der Waals surface area contributed by atoms with Crippen molar-refractivity contribution in [2.45, 2.75) is 32.4 Å². The lowest BCUT2D eigenvalue weighted by molar-refractivity contribution is 0.190. The van der Waals surface area contributed by atoms with Crippen LogP contribution < -0.4 is 10.1 Å². The number of nitrogens with zero attached hydrogens (tertiary/aromatic N) is 2. The van der Waals surface area contributed by atoms with Gasteiger partial charge in [-0.15, -0.1) is 0 Å². The Morgan fingerprint density at radius 1 is 1.25 bits per heavy atom. The van der Waals surface area contributed by atoms with Crippen LogP contribution in [0, 0.1) is 0 Å². The third kappa shape index (κ3) is 4.72. The second-order valence-electron chi connectivity index (χ2n) is 5.95. The van der Waals surface area contributed by atoms with Gasteiger partial charge in [0, 0.05) is 19.3 Å². The quantitative estimate of drug-likeness (QED) is 0.884. The Balaban J connectivity index is 1.93. The molecule has 0 bridgehead atoms. The molecule has 0 fully saturated rings. The molecule has 1 N–H and O–H groups in total. The average Bonchev–Trinajstić information content (AvgIpc) is 2.61. The number of carbonyl (C=O) groups excluding carboxylic acids is 1. The molecule has 1 aromatic heterocycles. The lowest BCUT2D eigenvalue weighted by Gasteiger charge is -2.26. The van der Waals surface area contributed by atoms with Crippen LogP contribution in [0.3, 0.4) is 0 Å². The Morgan fingerprint density at radius 3 is 2.71 bits per heavy atom. The van der Waals surface area contributed by atoms with Crippen molar-refractivity contribution >= 4 is 6.03 Å². The molecular weight excluding hydrogens is 302 g/mol. The second kappa shape index (κ2) is 8.34. The zero-order valence-electron chi connectivity index (χ0n) is 14.7. The number of amides is 2. The summed E-state index contributed by atoms with van der Waals surface area (Å²) in [5.41, 5.74) is 2.00. The molecule has 0 radical (unpaired) electrons. The minimum absolute atomic E-state index is 0.0167. The minimum atomic E-state index is -0.108. The first-order valence-corrected chi connectivity index (χ1v) is 8.08. The molecule has 5 nitrogen and oxygen atoms in total. The molecule has 2 aromatic rings. The van der Waals surface area contributed by atoms with E-state index in [9.17, 15) is 4.79 Å². The van der Waals surface area contributed by atoms with Crippen LogP contribution in [0.1, 0.15) is 31.1 Å². The van der Waals surface area contributed by atoms with Crippen molar-refractivity contribution in [2.75, 3.05) is 14.2 Å². The van der Waals surface area contributed by atoms with Crippen molar-refractivity contribution in [3.05, 3.63) is 59.9 Å². The molecule has 0 aliphatic carbocycles.